The fraction of sp³-hybridized carbons (Fsp3) is 0. The SMILES string of the molecule is Fc1cccc(Nc2nc3ccc(Cl)cc3n3cnnc23)c1. The van der Waals surface area contributed by atoms with E-state index in [4.69, 9.17) is 11.6 Å². The third kappa shape index (κ3) is 2.14. The minimum atomic E-state index is -0.324. The van der Waals surface area contributed by atoms with Crippen LogP contribution in [0.3, 0.4) is 0 Å². The van der Waals surface area contributed by atoms with Crippen LogP contribution in [0, 0.1) is 5.82 Å². The second-order valence-corrected chi connectivity index (χ2v) is 5.19. The van der Waals surface area contributed by atoms with E-state index in [1.54, 1.807) is 35.0 Å². The van der Waals surface area contributed by atoms with Gasteiger partial charge in [-0.05, 0) is 36.4 Å². The van der Waals surface area contributed by atoms with Crippen molar-refractivity contribution in [3.8, 4) is 0 Å². The van der Waals surface area contributed by atoms with Crippen LogP contribution in [0.2, 0.25) is 5.02 Å². The van der Waals surface area contributed by atoms with E-state index >= 15 is 0 Å². The molecule has 22 heavy (non-hydrogen) atoms. The second-order valence-electron chi connectivity index (χ2n) is 4.75. The Hall–Kier alpha value is -2.73. The second kappa shape index (κ2) is 4.92. The van der Waals surface area contributed by atoms with Crippen LogP contribution in [0.25, 0.3) is 16.7 Å². The smallest absolute Gasteiger partial charge is 0.204 e. The van der Waals surface area contributed by atoms with Gasteiger partial charge in [0.2, 0.25) is 5.65 Å². The first kappa shape index (κ1) is 13.0. The normalized spacial score (nSPS) is 11.2. The molecule has 0 aliphatic heterocycles. The molecule has 0 amide bonds. The molecule has 0 aliphatic rings. The van der Waals surface area contributed by atoms with E-state index in [2.05, 4.69) is 20.5 Å². The van der Waals surface area contributed by atoms with Gasteiger partial charge in [0.25, 0.3) is 0 Å². The van der Waals surface area contributed by atoms with Crippen LogP contribution < -0.4 is 5.32 Å². The topological polar surface area (TPSA) is 55.1 Å². The molecule has 5 nitrogen and oxygen atoms in total. The number of halogens is 2. The third-order valence-electron chi connectivity index (χ3n) is 3.28. The Morgan fingerprint density at radius 1 is 1.14 bits per heavy atom. The molecule has 0 fully saturated rings. The van der Waals surface area contributed by atoms with Crippen LogP contribution in [0.1, 0.15) is 0 Å². The maximum absolute atomic E-state index is 13.3. The van der Waals surface area contributed by atoms with Gasteiger partial charge < -0.3 is 5.32 Å². The summed E-state index contributed by atoms with van der Waals surface area (Å²) in [4.78, 5) is 4.53. The van der Waals surface area contributed by atoms with Gasteiger partial charge in [0.15, 0.2) is 5.82 Å². The standard InChI is InChI=1S/C15H9ClFN5/c16-9-4-5-12-13(6-9)22-8-18-21-15(22)14(20-12)19-11-3-1-2-10(17)7-11/h1-8H,(H,19,20). The summed E-state index contributed by atoms with van der Waals surface area (Å²) in [7, 11) is 0. The van der Waals surface area contributed by atoms with E-state index in [0.29, 0.717) is 22.2 Å². The molecule has 2 heterocycles. The van der Waals surface area contributed by atoms with Crippen LogP contribution in [0.4, 0.5) is 15.9 Å². The van der Waals surface area contributed by atoms with Crippen LogP contribution in [0.5, 0.6) is 0 Å². The quantitative estimate of drug-likeness (QED) is 0.611. The fourth-order valence-electron chi connectivity index (χ4n) is 2.31. The highest BCUT2D eigenvalue weighted by atomic mass is 35.5. The van der Waals surface area contributed by atoms with Gasteiger partial charge in [0.1, 0.15) is 12.1 Å². The van der Waals surface area contributed by atoms with Crippen molar-refractivity contribution in [1.29, 1.82) is 0 Å². The van der Waals surface area contributed by atoms with Crippen molar-refractivity contribution in [1.82, 2.24) is 19.6 Å². The van der Waals surface area contributed by atoms with Gasteiger partial charge in [0, 0.05) is 10.7 Å². The molecule has 0 spiro atoms. The minimum Gasteiger partial charge on any atom is -0.337 e. The average Bonchev–Trinajstić information content (AvgIpc) is 2.98. The third-order valence-corrected chi connectivity index (χ3v) is 3.51. The first-order valence-corrected chi connectivity index (χ1v) is 6.90. The van der Waals surface area contributed by atoms with Crippen LogP contribution >= 0.6 is 11.6 Å². The largest absolute Gasteiger partial charge is 0.337 e. The number of nitrogens with zero attached hydrogens (tertiary/aromatic N) is 4. The van der Waals surface area contributed by atoms with E-state index in [-0.39, 0.29) is 5.82 Å². The van der Waals surface area contributed by atoms with Crippen LogP contribution in [-0.4, -0.2) is 19.6 Å². The highest BCUT2D eigenvalue weighted by Gasteiger charge is 2.11. The van der Waals surface area contributed by atoms with Crippen molar-refractivity contribution in [2.75, 3.05) is 5.32 Å². The molecule has 0 saturated heterocycles. The van der Waals surface area contributed by atoms with Gasteiger partial charge in [-0.3, -0.25) is 4.40 Å². The van der Waals surface area contributed by atoms with E-state index in [9.17, 15) is 4.39 Å². The molecule has 1 N–H and O–H groups in total. The molecule has 4 aromatic rings. The Morgan fingerprint density at radius 2 is 2.05 bits per heavy atom. The Kier molecular flexibility index (Phi) is 2.90. The lowest BCUT2D eigenvalue weighted by atomic mass is 10.3. The average molecular weight is 314 g/mol. The van der Waals surface area contributed by atoms with Gasteiger partial charge in [-0.25, -0.2) is 9.37 Å². The zero-order valence-corrected chi connectivity index (χ0v) is 11.9. The Morgan fingerprint density at radius 3 is 2.91 bits per heavy atom. The Labute approximate surface area is 129 Å². The number of fused-ring (bicyclic) bond motifs is 3. The molecule has 7 heteroatoms. The van der Waals surface area contributed by atoms with E-state index in [1.165, 1.54) is 12.1 Å². The summed E-state index contributed by atoms with van der Waals surface area (Å²) in [5, 5.41) is 11.7. The number of hydrogen-bond acceptors (Lipinski definition) is 4. The number of hydrogen-bond donors (Lipinski definition) is 1. The zero-order valence-electron chi connectivity index (χ0n) is 11.2. The maximum Gasteiger partial charge on any atom is 0.204 e. The van der Waals surface area contributed by atoms with Gasteiger partial charge in [0.05, 0.1) is 11.0 Å². The molecule has 0 radical (unpaired) electrons. The first-order valence-electron chi connectivity index (χ1n) is 6.52. The van der Waals surface area contributed by atoms with Gasteiger partial charge in [-0.15, -0.1) is 10.2 Å². The minimum absolute atomic E-state index is 0.324. The van der Waals surface area contributed by atoms with Crippen molar-refractivity contribution in [2.24, 2.45) is 0 Å². The highest BCUT2D eigenvalue weighted by Crippen LogP contribution is 2.25. The summed E-state index contributed by atoms with van der Waals surface area (Å²) < 4.78 is 15.1. The molecular formula is C15H9ClFN5. The summed E-state index contributed by atoms with van der Waals surface area (Å²) >= 11 is 6.03. The first-order chi connectivity index (χ1) is 10.7. The molecule has 0 unspecified atom stereocenters. The summed E-state index contributed by atoms with van der Waals surface area (Å²) in [6.45, 7) is 0. The summed E-state index contributed by atoms with van der Waals surface area (Å²) in [5.74, 6) is 0.174. The highest BCUT2D eigenvalue weighted by molar-refractivity contribution is 6.31. The lowest BCUT2D eigenvalue weighted by Crippen LogP contribution is -2.00. The predicted octanol–water partition coefficient (Wildman–Crippen LogP) is 3.81. The fourth-order valence-corrected chi connectivity index (χ4v) is 2.48. The molecule has 0 bridgehead atoms. The predicted molar refractivity (Wildman–Crippen MR) is 83.0 cm³/mol. The summed E-state index contributed by atoms with van der Waals surface area (Å²) in [6.07, 6.45) is 1.59. The van der Waals surface area contributed by atoms with E-state index in [0.717, 1.165) is 11.0 Å². The Balaban J connectivity index is 1.92. The molecule has 4 rings (SSSR count). The summed E-state index contributed by atoms with van der Waals surface area (Å²) in [6, 6.07) is 11.5. The van der Waals surface area contributed by atoms with Crippen LogP contribution in [0.15, 0.2) is 48.8 Å². The lowest BCUT2D eigenvalue weighted by molar-refractivity contribution is 0.628. The maximum atomic E-state index is 13.3. The number of nitrogens with one attached hydrogen (secondary N) is 1. The number of benzene rings is 2. The molecule has 2 aromatic carbocycles. The van der Waals surface area contributed by atoms with Crippen molar-refractivity contribution >= 4 is 39.8 Å². The number of rotatable bonds is 2. The molecule has 0 aliphatic carbocycles. The van der Waals surface area contributed by atoms with Crippen LogP contribution in [-0.2, 0) is 0 Å². The number of anilines is 2. The van der Waals surface area contributed by atoms with Gasteiger partial charge in [-0.2, -0.15) is 0 Å². The monoisotopic (exact) mass is 313 g/mol. The zero-order chi connectivity index (χ0) is 15.1. The Bertz CT molecular complexity index is 998. The van der Waals surface area contributed by atoms with Gasteiger partial charge >= 0.3 is 0 Å². The molecule has 108 valence electrons. The van der Waals surface area contributed by atoms with Crippen molar-refractivity contribution < 1.29 is 4.39 Å². The number of aromatic nitrogens is 4. The van der Waals surface area contributed by atoms with Crippen molar-refractivity contribution in [2.45, 2.75) is 0 Å². The van der Waals surface area contributed by atoms with E-state index < -0.39 is 0 Å². The van der Waals surface area contributed by atoms with E-state index in [1.807, 2.05) is 6.07 Å². The molecule has 0 saturated carbocycles. The van der Waals surface area contributed by atoms with Crippen molar-refractivity contribution in [3.63, 3.8) is 0 Å². The molecule has 0 atom stereocenters. The van der Waals surface area contributed by atoms with Gasteiger partial charge in [-0.1, -0.05) is 17.7 Å². The lowest BCUT2D eigenvalue weighted by Gasteiger charge is -2.09. The molecule has 2 aromatic heterocycles. The molecular weight excluding hydrogens is 305 g/mol. The summed E-state index contributed by atoms with van der Waals surface area (Å²) in [5.41, 5.74) is 2.66. The van der Waals surface area contributed by atoms with Crippen molar-refractivity contribution in [3.05, 3.63) is 59.6 Å².